The van der Waals surface area contributed by atoms with Gasteiger partial charge in [0.1, 0.15) is 4.70 Å². The standard InChI is InChI=1S/C12H12N4OS2/c1-6-4-8-9(19-6)10(17)15(5-7-2-3-7)11-13-14-12(18)16(8)11/h4,7H,2-3,5H2,1H3,(H,14,18). The monoisotopic (exact) mass is 292 g/mol. The van der Waals surface area contributed by atoms with Crippen LogP contribution in [-0.4, -0.2) is 19.2 Å². The molecule has 4 rings (SSSR count). The number of rotatable bonds is 2. The summed E-state index contributed by atoms with van der Waals surface area (Å²) in [5.41, 5.74) is 0.926. The summed E-state index contributed by atoms with van der Waals surface area (Å²) in [6.45, 7) is 2.75. The molecule has 0 aliphatic heterocycles. The Morgan fingerprint density at radius 2 is 2.37 bits per heavy atom. The van der Waals surface area contributed by atoms with Crippen molar-refractivity contribution < 1.29 is 0 Å². The number of nitrogens with zero attached hydrogens (tertiary/aromatic N) is 3. The maximum absolute atomic E-state index is 12.6. The Balaban J connectivity index is 2.20. The lowest BCUT2D eigenvalue weighted by molar-refractivity contribution is 0.616. The van der Waals surface area contributed by atoms with Crippen LogP contribution in [0.25, 0.3) is 16.0 Å². The minimum Gasteiger partial charge on any atom is -0.275 e. The Labute approximate surface area is 117 Å². The van der Waals surface area contributed by atoms with Crippen LogP contribution in [0.5, 0.6) is 0 Å². The lowest BCUT2D eigenvalue weighted by Crippen LogP contribution is -2.23. The fourth-order valence-electron chi connectivity index (χ4n) is 2.44. The van der Waals surface area contributed by atoms with Crippen LogP contribution in [0.2, 0.25) is 0 Å². The molecule has 0 atom stereocenters. The van der Waals surface area contributed by atoms with Crippen molar-refractivity contribution in [3.63, 3.8) is 0 Å². The summed E-state index contributed by atoms with van der Waals surface area (Å²) in [7, 11) is 0. The van der Waals surface area contributed by atoms with E-state index in [2.05, 4.69) is 10.2 Å². The number of hydrogen-bond donors (Lipinski definition) is 1. The van der Waals surface area contributed by atoms with E-state index in [-0.39, 0.29) is 5.56 Å². The molecule has 0 spiro atoms. The van der Waals surface area contributed by atoms with Gasteiger partial charge >= 0.3 is 0 Å². The molecular formula is C12H12N4OS2. The van der Waals surface area contributed by atoms with E-state index in [9.17, 15) is 4.79 Å². The summed E-state index contributed by atoms with van der Waals surface area (Å²) >= 11 is 6.82. The smallest absolute Gasteiger partial charge is 0.272 e. The molecule has 1 N–H and O–H groups in total. The van der Waals surface area contributed by atoms with E-state index in [4.69, 9.17) is 12.2 Å². The second-order valence-electron chi connectivity index (χ2n) is 5.09. The minimum absolute atomic E-state index is 0.0569. The van der Waals surface area contributed by atoms with E-state index in [0.717, 1.165) is 21.6 Å². The van der Waals surface area contributed by atoms with Gasteiger partial charge < -0.3 is 0 Å². The van der Waals surface area contributed by atoms with Gasteiger partial charge in [-0.2, -0.15) is 0 Å². The van der Waals surface area contributed by atoms with E-state index < -0.39 is 0 Å². The number of aromatic amines is 1. The third-order valence-electron chi connectivity index (χ3n) is 3.55. The molecular weight excluding hydrogens is 280 g/mol. The van der Waals surface area contributed by atoms with E-state index in [1.54, 1.807) is 4.57 Å². The van der Waals surface area contributed by atoms with E-state index >= 15 is 0 Å². The lowest BCUT2D eigenvalue weighted by Gasteiger charge is -2.06. The predicted octanol–water partition coefficient (Wildman–Crippen LogP) is 2.49. The molecule has 0 bridgehead atoms. The third kappa shape index (κ3) is 1.61. The van der Waals surface area contributed by atoms with Gasteiger partial charge in [-0.1, -0.05) is 0 Å². The first kappa shape index (κ1) is 11.4. The highest BCUT2D eigenvalue weighted by molar-refractivity contribution is 7.71. The van der Waals surface area contributed by atoms with Crippen molar-refractivity contribution in [2.24, 2.45) is 5.92 Å². The zero-order chi connectivity index (χ0) is 13.1. The molecule has 3 aromatic heterocycles. The SMILES string of the molecule is Cc1cc2c(s1)c(=O)n(CC1CC1)c1n[nH]c(=S)n21. The molecule has 1 aliphatic rings. The maximum Gasteiger partial charge on any atom is 0.272 e. The highest BCUT2D eigenvalue weighted by Gasteiger charge is 2.25. The Hall–Kier alpha value is -1.47. The topological polar surface area (TPSA) is 55.1 Å². The van der Waals surface area contributed by atoms with Gasteiger partial charge in [0.05, 0.1) is 5.52 Å². The summed E-state index contributed by atoms with van der Waals surface area (Å²) in [4.78, 5) is 13.7. The van der Waals surface area contributed by atoms with Crippen LogP contribution in [0.3, 0.4) is 0 Å². The van der Waals surface area contributed by atoms with Crippen LogP contribution >= 0.6 is 23.6 Å². The predicted molar refractivity (Wildman–Crippen MR) is 77.5 cm³/mol. The molecule has 0 saturated heterocycles. The number of aryl methyl sites for hydroxylation is 1. The lowest BCUT2D eigenvalue weighted by atomic mass is 10.4. The Morgan fingerprint density at radius 3 is 3.11 bits per heavy atom. The van der Waals surface area contributed by atoms with Crippen LogP contribution in [0, 0.1) is 17.6 Å². The van der Waals surface area contributed by atoms with Crippen molar-refractivity contribution in [1.82, 2.24) is 19.2 Å². The fourth-order valence-corrected chi connectivity index (χ4v) is 3.61. The molecule has 3 aromatic rings. The van der Waals surface area contributed by atoms with Crippen LogP contribution < -0.4 is 5.56 Å². The first-order valence-electron chi connectivity index (χ1n) is 6.25. The molecule has 0 unspecified atom stereocenters. The van der Waals surface area contributed by atoms with Crippen LogP contribution in [-0.2, 0) is 6.54 Å². The summed E-state index contributed by atoms with van der Waals surface area (Å²) in [5, 5.41) is 7.03. The highest BCUT2D eigenvalue weighted by atomic mass is 32.1. The summed E-state index contributed by atoms with van der Waals surface area (Å²) in [6, 6.07) is 2.00. The molecule has 0 aromatic carbocycles. The number of H-pyrrole nitrogens is 1. The maximum atomic E-state index is 12.6. The minimum atomic E-state index is 0.0569. The van der Waals surface area contributed by atoms with Crippen molar-refractivity contribution in [2.75, 3.05) is 0 Å². The van der Waals surface area contributed by atoms with Crippen molar-refractivity contribution in [2.45, 2.75) is 26.3 Å². The molecule has 1 saturated carbocycles. The number of nitrogens with one attached hydrogen (secondary N) is 1. The van der Waals surface area contributed by atoms with Crippen LogP contribution in [0.4, 0.5) is 0 Å². The van der Waals surface area contributed by atoms with Gasteiger partial charge in [0.2, 0.25) is 10.5 Å². The first-order chi connectivity index (χ1) is 9.15. The first-order valence-corrected chi connectivity index (χ1v) is 7.47. The van der Waals surface area contributed by atoms with Gasteiger partial charge in [0, 0.05) is 11.4 Å². The van der Waals surface area contributed by atoms with Crippen molar-refractivity contribution in [3.05, 3.63) is 26.1 Å². The Bertz CT molecular complexity index is 909. The summed E-state index contributed by atoms with van der Waals surface area (Å²) < 4.78 is 4.95. The molecule has 98 valence electrons. The van der Waals surface area contributed by atoms with Gasteiger partial charge in [-0.15, -0.1) is 16.4 Å². The number of aromatic nitrogens is 4. The average molecular weight is 292 g/mol. The van der Waals surface area contributed by atoms with Crippen molar-refractivity contribution >= 4 is 39.5 Å². The molecule has 1 fully saturated rings. The second kappa shape index (κ2) is 3.77. The molecule has 3 heterocycles. The van der Waals surface area contributed by atoms with Crippen molar-refractivity contribution in [1.29, 1.82) is 0 Å². The quantitative estimate of drug-likeness (QED) is 0.738. The van der Waals surface area contributed by atoms with Gasteiger partial charge in [0.25, 0.3) is 5.56 Å². The number of fused-ring (bicyclic) bond motifs is 3. The average Bonchev–Trinajstić information content (AvgIpc) is 2.99. The second-order valence-corrected chi connectivity index (χ2v) is 6.74. The number of hydrogen-bond acceptors (Lipinski definition) is 4. The van der Waals surface area contributed by atoms with Gasteiger partial charge in [-0.25, -0.2) is 5.10 Å². The van der Waals surface area contributed by atoms with Gasteiger partial charge in [0.15, 0.2) is 0 Å². The van der Waals surface area contributed by atoms with Crippen LogP contribution in [0.15, 0.2) is 10.9 Å². The summed E-state index contributed by atoms with van der Waals surface area (Å²) in [5.74, 6) is 1.25. The molecule has 7 heteroatoms. The summed E-state index contributed by atoms with van der Waals surface area (Å²) in [6.07, 6.45) is 2.40. The zero-order valence-corrected chi connectivity index (χ0v) is 12.0. The number of thiophene rings is 1. The fraction of sp³-hybridized carbons (Fsp3) is 0.417. The highest BCUT2D eigenvalue weighted by Crippen LogP contribution is 2.31. The van der Waals surface area contributed by atoms with E-state index in [1.165, 1.54) is 24.2 Å². The largest absolute Gasteiger partial charge is 0.275 e. The molecule has 5 nitrogen and oxygen atoms in total. The van der Waals surface area contributed by atoms with Gasteiger partial charge in [-0.3, -0.25) is 13.8 Å². The zero-order valence-electron chi connectivity index (χ0n) is 10.3. The molecule has 0 amide bonds. The molecule has 19 heavy (non-hydrogen) atoms. The van der Waals surface area contributed by atoms with E-state index in [1.807, 2.05) is 17.4 Å². The van der Waals surface area contributed by atoms with E-state index in [0.29, 0.717) is 16.5 Å². The van der Waals surface area contributed by atoms with Gasteiger partial charge in [-0.05, 0) is 44.0 Å². The normalized spacial score (nSPS) is 15.6. The molecule has 1 aliphatic carbocycles. The van der Waals surface area contributed by atoms with Crippen LogP contribution in [0.1, 0.15) is 17.7 Å². The third-order valence-corrected chi connectivity index (χ3v) is 4.85. The Morgan fingerprint density at radius 1 is 1.58 bits per heavy atom. The Kier molecular flexibility index (Phi) is 2.25. The molecule has 0 radical (unpaired) electrons. The van der Waals surface area contributed by atoms with Crippen molar-refractivity contribution in [3.8, 4) is 0 Å².